The van der Waals surface area contributed by atoms with Gasteiger partial charge in [-0.2, -0.15) is 0 Å². The molecule has 2 rings (SSSR count). The highest BCUT2D eigenvalue weighted by Crippen LogP contribution is 2.32. The van der Waals surface area contributed by atoms with Crippen molar-refractivity contribution in [1.82, 2.24) is 4.72 Å². The van der Waals surface area contributed by atoms with Crippen LogP contribution in [0.25, 0.3) is 0 Å². The molecule has 1 aromatic heterocycles. The normalized spacial score (nSPS) is 19.5. The number of carbonyl (C=O) groups is 1. The highest BCUT2D eigenvalue weighted by atomic mass is 79.9. The van der Waals surface area contributed by atoms with Crippen molar-refractivity contribution in [2.75, 3.05) is 11.5 Å². The molecule has 0 amide bonds. The minimum absolute atomic E-state index is 0.0502. The highest BCUT2D eigenvalue weighted by molar-refractivity contribution is 9.11. The fraction of sp³-hybridized carbons (Fsp3) is 0.500. The molecule has 1 aliphatic rings. The number of rotatable bonds is 4. The quantitative estimate of drug-likeness (QED) is 0.755. The van der Waals surface area contributed by atoms with Crippen LogP contribution in [-0.4, -0.2) is 45.5 Å². The predicted octanol–water partition coefficient (Wildman–Crippen LogP) is 1.06. The summed E-state index contributed by atoms with van der Waals surface area (Å²) in [5, 5.41) is 8.88. The maximum atomic E-state index is 12.2. The first-order valence-electron chi connectivity index (χ1n) is 5.86. The van der Waals surface area contributed by atoms with E-state index in [4.69, 9.17) is 5.11 Å². The molecule has 1 fully saturated rings. The van der Waals surface area contributed by atoms with Gasteiger partial charge < -0.3 is 5.11 Å². The molecule has 0 unspecified atom stereocenters. The van der Waals surface area contributed by atoms with Crippen molar-refractivity contribution in [2.45, 2.75) is 23.8 Å². The molecule has 1 aromatic rings. The summed E-state index contributed by atoms with van der Waals surface area (Å²) >= 11 is 3.86. The monoisotopic (exact) mass is 417 g/mol. The van der Waals surface area contributed by atoms with Crippen molar-refractivity contribution >= 4 is 53.1 Å². The molecular formula is C10H12BrNO6S3. The summed E-state index contributed by atoms with van der Waals surface area (Å²) in [5.41, 5.74) is 0. The summed E-state index contributed by atoms with van der Waals surface area (Å²) in [4.78, 5) is 10.6. The lowest BCUT2D eigenvalue weighted by Crippen LogP contribution is -2.40. The second-order valence-electron chi connectivity index (χ2n) is 4.60. The molecule has 11 heteroatoms. The van der Waals surface area contributed by atoms with Crippen LogP contribution >= 0.6 is 27.3 Å². The number of carboxylic acid groups (broad SMARTS) is 1. The number of sulfone groups is 1. The van der Waals surface area contributed by atoms with E-state index in [1.54, 1.807) is 0 Å². The third-order valence-electron chi connectivity index (χ3n) is 3.03. The standard InChI is InChI=1S/C10H12BrNO6S3/c11-9-8(5-7(19-9)10(13)14)21(17,18)12-6-1-3-20(15,16)4-2-6/h5-6,12H,1-4H2,(H,13,14). The van der Waals surface area contributed by atoms with Crippen molar-refractivity contribution in [1.29, 1.82) is 0 Å². The molecule has 7 nitrogen and oxygen atoms in total. The fourth-order valence-electron chi connectivity index (χ4n) is 1.93. The molecule has 21 heavy (non-hydrogen) atoms. The minimum atomic E-state index is -3.89. The van der Waals surface area contributed by atoms with E-state index in [0.717, 1.165) is 17.4 Å². The van der Waals surface area contributed by atoms with Crippen molar-refractivity contribution in [2.24, 2.45) is 0 Å². The van der Waals surface area contributed by atoms with Gasteiger partial charge in [0.05, 0.1) is 15.3 Å². The Morgan fingerprint density at radius 1 is 1.38 bits per heavy atom. The largest absolute Gasteiger partial charge is 0.477 e. The molecule has 0 aromatic carbocycles. The Hall–Kier alpha value is -0.490. The van der Waals surface area contributed by atoms with Crippen LogP contribution in [0.3, 0.4) is 0 Å². The lowest BCUT2D eigenvalue weighted by Gasteiger charge is -2.22. The molecule has 2 N–H and O–H groups in total. The van der Waals surface area contributed by atoms with E-state index in [1.165, 1.54) is 0 Å². The van der Waals surface area contributed by atoms with Crippen molar-refractivity contribution in [3.63, 3.8) is 0 Å². The zero-order valence-electron chi connectivity index (χ0n) is 10.6. The van der Waals surface area contributed by atoms with Gasteiger partial charge in [-0.15, -0.1) is 11.3 Å². The number of hydrogen-bond donors (Lipinski definition) is 2. The lowest BCUT2D eigenvalue weighted by atomic mass is 10.2. The number of hydrogen-bond acceptors (Lipinski definition) is 6. The number of thiophene rings is 1. The smallest absolute Gasteiger partial charge is 0.345 e. The van der Waals surface area contributed by atoms with E-state index in [1.807, 2.05) is 0 Å². The van der Waals surface area contributed by atoms with Crippen LogP contribution in [0, 0.1) is 0 Å². The van der Waals surface area contributed by atoms with Gasteiger partial charge in [0.15, 0.2) is 0 Å². The van der Waals surface area contributed by atoms with Crippen LogP contribution in [0.4, 0.5) is 0 Å². The second-order valence-corrected chi connectivity index (χ2v) is 11.0. The van der Waals surface area contributed by atoms with E-state index in [-0.39, 0.29) is 37.9 Å². The molecular weight excluding hydrogens is 406 g/mol. The van der Waals surface area contributed by atoms with Crippen LogP contribution in [0.2, 0.25) is 0 Å². The molecule has 0 aliphatic carbocycles. The van der Waals surface area contributed by atoms with Gasteiger partial charge in [0.25, 0.3) is 0 Å². The summed E-state index contributed by atoms with van der Waals surface area (Å²) in [6.45, 7) is 0. The van der Waals surface area contributed by atoms with Crippen LogP contribution in [0.1, 0.15) is 22.5 Å². The van der Waals surface area contributed by atoms with Crippen LogP contribution in [0.15, 0.2) is 14.7 Å². The summed E-state index contributed by atoms with van der Waals surface area (Å²) < 4.78 is 49.8. The van der Waals surface area contributed by atoms with E-state index in [9.17, 15) is 21.6 Å². The molecule has 1 saturated heterocycles. The number of halogens is 1. The Bertz CT molecular complexity index is 753. The Morgan fingerprint density at radius 3 is 2.43 bits per heavy atom. The van der Waals surface area contributed by atoms with Gasteiger partial charge in [0, 0.05) is 6.04 Å². The third kappa shape index (κ3) is 4.03. The van der Waals surface area contributed by atoms with Gasteiger partial charge >= 0.3 is 5.97 Å². The van der Waals surface area contributed by atoms with E-state index >= 15 is 0 Å². The first kappa shape index (κ1) is 16.9. The molecule has 0 radical (unpaired) electrons. The Labute approximate surface area is 134 Å². The van der Waals surface area contributed by atoms with Gasteiger partial charge in [-0.3, -0.25) is 0 Å². The van der Waals surface area contributed by atoms with E-state index < -0.39 is 31.9 Å². The average Bonchev–Trinajstić information content (AvgIpc) is 2.75. The Balaban J connectivity index is 2.18. The Morgan fingerprint density at radius 2 is 1.95 bits per heavy atom. The molecule has 0 bridgehead atoms. The molecule has 0 spiro atoms. The first-order chi connectivity index (χ1) is 9.61. The van der Waals surface area contributed by atoms with Crippen molar-refractivity contribution in [3.05, 3.63) is 14.7 Å². The van der Waals surface area contributed by atoms with E-state index in [0.29, 0.717) is 0 Å². The SMILES string of the molecule is O=C(O)c1cc(S(=O)(=O)NC2CCS(=O)(=O)CC2)c(Br)s1. The maximum Gasteiger partial charge on any atom is 0.345 e. The van der Waals surface area contributed by atoms with Crippen LogP contribution < -0.4 is 4.72 Å². The van der Waals surface area contributed by atoms with Gasteiger partial charge in [-0.1, -0.05) is 0 Å². The number of nitrogens with one attached hydrogen (secondary N) is 1. The Kier molecular flexibility index (Phi) is 4.78. The topological polar surface area (TPSA) is 118 Å². The van der Waals surface area contributed by atoms with Gasteiger partial charge in [-0.05, 0) is 34.8 Å². The molecule has 1 aliphatic heterocycles. The third-order valence-corrected chi connectivity index (χ3v) is 8.51. The van der Waals surface area contributed by atoms with Gasteiger partial charge in [-0.25, -0.2) is 26.4 Å². The summed E-state index contributed by atoms with van der Waals surface area (Å²) in [6.07, 6.45) is 0.435. The minimum Gasteiger partial charge on any atom is -0.477 e. The summed E-state index contributed by atoms with van der Waals surface area (Å²) in [5.74, 6) is -1.30. The lowest BCUT2D eigenvalue weighted by molar-refractivity contribution is 0.0702. The second kappa shape index (κ2) is 5.95. The highest BCUT2D eigenvalue weighted by Gasteiger charge is 2.30. The molecule has 0 atom stereocenters. The molecule has 2 heterocycles. The maximum absolute atomic E-state index is 12.2. The summed E-state index contributed by atoms with van der Waals surface area (Å²) in [7, 11) is -6.96. The van der Waals surface area contributed by atoms with E-state index in [2.05, 4.69) is 20.7 Å². The number of carboxylic acids is 1. The van der Waals surface area contributed by atoms with Crippen LogP contribution in [-0.2, 0) is 19.9 Å². The van der Waals surface area contributed by atoms with Crippen molar-refractivity contribution < 1.29 is 26.7 Å². The first-order valence-corrected chi connectivity index (χ1v) is 10.8. The molecule has 0 saturated carbocycles. The summed E-state index contributed by atoms with van der Waals surface area (Å²) in [6, 6.07) is 0.623. The van der Waals surface area contributed by atoms with Crippen molar-refractivity contribution in [3.8, 4) is 0 Å². The average molecular weight is 418 g/mol. The zero-order valence-corrected chi connectivity index (χ0v) is 14.6. The fourth-order valence-corrected chi connectivity index (χ4v) is 7.13. The number of sulfonamides is 1. The van der Waals surface area contributed by atoms with Gasteiger partial charge in [0.2, 0.25) is 10.0 Å². The number of aromatic carboxylic acids is 1. The zero-order chi connectivity index (χ0) is 15.8. The molecule has 118 valence electrons. The van der Waals surface area contributed by atoms with Gasteiger partial charge in [0.1, 0.15) is 19.6 Å². The predicted molar refractivity (Wildman–Crippen MR) is 81.0 cm³/mol. The van der Waals surface area contributed by atoms with Crippen LogP contribution in [0.5, 0.6) is 0 Å².